The van der Waals surface area contributed by atoms with Crippen LogP contribution in [-0.4, -0.2) is 22.5 Å². The quantitative estimate of drug-likeness (QED) is 0.830. The van der Waals surface area contributed by atoms with Crippen LogP contribution in [-0.2, 0) is 4.74 Å². The van der Waals surface area contributed by atoms with Gasteiger partial charge in [0, 0.05) is 5.69 Å². The molecule has 0 saturated heterocycles. The summed E-state index contributed by atoms with van der Waals surface area (Å²) in [5, 5.41) is 3.06. The molecule has 2 rings (SSSR count). The standard InChI is InChI=1S/C14H16N4O2/c1-3-20-13(19)11-9(2)16-14(15)18-12(11)17-10-7-5-4-6-8-10/h4-8H,3H2,1-2H3,(H3,15,16,17,18). The largest absolute Gasteiger partial charge is 0.462 e. The Balaban J connectivity index is 2.42. The zero-order valence-corrected chi connectivity index (χ0v) is 11.4. The van der Waals surface area contributed by atoms with Crippen molar-refractivity contribution in [2.75, 3.05) is 17.7 Å². The number of esters is 1. The molecule has 104 valence electrons. The minimum atomic E-state index is -0.469. The molecule has 3 N–H and O–H groups in total. The van der Waals surface area contributed by atoms with Gasteiger partial charge in [0.1, 0.15) is 5.56 Å². The second kappa shape index (κ2) is 6.01. The Morgan fingerprint density at radius 3 is 2.65 bits per heavy atom. The van der Waals surface area contributed by atoms with Crippen molar-refractivity contribution < 1.29 is 9.53 Å². The van der Waals surface area contributed by atoms with E-state index in [1.54, 1.807) is 13.8 Å². The van der Waals surface area contributed by atoms with Crippen LogP contribution < -0.4 is 11.1 Å². The Morgan fingerprint density at radius 1 is 1.30 bits per heavy atom. The number of carbonyl (C=O) groups excluding carboxylic acids is 1. The van der Waals surface area contributed by atoms with Gasteiger partial charge >= 0.3 is 5.97 Å². The Morgan fingerprint density at radius 2 is 2.00 bits per heavy atom. The second-order valence-corrected chi connectivity index (χ2v) is 4.10. The molecule has 2 aromatic rings. The van der Waals surface area contributed by atoms with Crippen molar-refractivity contribution in [3.8, 4) is 0 Å². The van der Waals surface area contributed by atoms with E-state index in [0.29, 0.717) is 17.1 Å². The van der Waals surface area contributed by atoms with E-state index < -0.39 is 5.97 Å². The molecular formula is C14H16N4O2. The smallest absolute Gasteiger partial charge is 0.343 e. The lowest BCUT2D eigenvalue weighted by Crippen LogP contribution is -2.14. The van der Waals surface area contributed by atoms with Crippen molar-refractivity contribution >= 4 is 23.4 Å². The average Bonchev–Trinajstić information content (AvgIpc) is 2.39. The maximum absolute atomic E-state index is 12.0. The highest BCUT2D eigenvalue weighted by molar-refractivity contribution is 5.96. The number of aromatic nitrogens is 2. The van der Waals surface area contributed by atoms with E-state index in [-0.39, 0.29) is 12.6 Å². The monoisotopic (exact) mass is 272 g/mol. The van der Waals surface area contributed by atoms with Crippen LogP contribution in [0.15, 0.2) is 30.3 Å². The number of hydrogen-bond acceptors (Lipinski definition) is 6. The molecule has 0 spiro atoms. The highest BCUT2D eigenvalue weighted by atomic mass is 16.5. The number of nitrogen functional groups attached to an aromatic ring is 1. The molecule has 1 aromatic carbocycles. The van der Waals surface area contributed by atoms with Crippen LogP contribution in [0.1, 0.15) is 23.0 Å². The van der Waals surface area contributed by atoms with Crippen molar-refractivity contribution in [3.63, 3.8) is 0 Å². The van der Waals surface area contributed by atoms with E-state index in [1.807, 2.05) is 30.3 Å². The third-order valence-electron chi connectivity index (χ3n) is 2.62. The van der Waals surface area contributed by atoms with Gasteiger partial charge in [-0.3, -0.25) is 0 Å². The fourth-order valence-electron chi connectivity index (χ4n) is 1.79. The normalized spacial score (nSPS) is 10.1. The summed E-state index contributed by atoms with van der Waals surface area (Å²) >= 11 is 0. The number of aryl methyl sites for hydroxylation is 1. The number of nitrogens with zero attached hydrogens (tertiary/aromatic N) is 2. The Hall–Kier alpha value is -2.63. The third-order valence-corrected chi connectivity index (χ3v) is 2.62. The summed E-state index contributed by atoms with van der Waals surface area (Å²) in [5.41, 5.74) is 7.22. The van der Waals surface area contributed by atoms with Crippen LogP contribution in [0.25, 0.3) is 0 Å². The molecule has 0 fully saturated rings. The molecule has 0 unspecified atom stereocenters. The molecule has 0 atom stereocenters. The van der Waals surface area contributed by atoms with Gasteiger partial charge < -0.3 is 15.8 Å². The minimum absolute atomic E-state index is 0.106. The van der Waals surface area contributed by atoms with Crippen molar-refractivity contribution in [2.45, 2.75) is 13.8 Å². The highest BCUT2D eigenvalue weighted by Crippen LogP contribution is 2.22. The van der Waals surface area contributed by atoms with E-state index in [9.17, 15) is 4.79 Å². The highest BCUT2D eigenvalue weighted by Gasteiger charge is 2.19. The van der Waals surface area contributed by atoms with Gasteiger partial charge in [0.2, 0.25) is 5.95 Å². The molecule has 0 aliphatic rings. The van der Waals surface area contributed by atoms with Crippen LogP contribution >= 0.6 is 0 Å². The summed E-state index contributed by atoms with van der Waals surface area (Å²) in [5.74, 6) is -0.0166. The van der Waals surface area contributed by atoms with E-state index in [4.69, 9.17) is 10.5 Å². The zero-order chi connectivity index (χ0) is 14.5. The van der Waals surface area contributed by atoms with Crippen LogP contribution in [0.5, 0.6) is 0 Å². The van der Waals surface area contributed by atoms with Crippen molar-refractivity contribution in [1.29, 1.82) is 0 Å². The topological polar surface area (TPSA) is 90.1 Å². The first kappa shape index (κ1) is 13.8. The lowest BCUT2D eigenvalue weighted by atomic mass is 10.2. The summed E-state index contributed by atoms with van der Waals surface area (Å²) in [6, 6.07) is 9.38. The number of carbonyl (C=O) groups is 1. The van der Waals surface area contributed by atoms with E-state index in [1.165, 1.54) is 0 Å². The molecule has 1 heterocycles. The molecule has 0 radical (unpaired) electrons. The number of nitrogens with two attached hydrogens (primary N) is 1. The number of para-hydroxylation sites is 1. The van der Waals surface area contributed by atoms with E-state index >= 15 is 0 Å². The summed E-state index contributed by atoms with van der Waals surface area (Å²) in [7, 11) is 0. The predicted molar refractivity (Wildman–Crippen MR) is 76.9 cm³/mol. The van der Waals surface area contributed by atoms with Gasteiger partial charge in [0.15, 0.2) is 5.82 Å². The molecule has 0 aliphatic carbocycles. The van der Waals surface area contributed by atoms with E-state index in [2.05, 4.69) is 15.3 Å². The predicted octanol–water partition coefficient (Wildman–Crippen LogP) is 2.29. The Kier molecular flexibility index (Phi) is 4.14. The summed E-state index contributed by atoms with van der Waals surface area (Å²) in [6.07, 6.45) is 0. The minimum Gasteiger partial charge on any atom is -0.462 e. The van der Waals surface area contributed by atoms with Crippen LogP contribution in [0.2, 0.25) is 0 Å². The summed E-state index contributed by atoms with van der Waals surface area (Å²) in [6.45, 7) is 3.73. The van der Waals surface area contributed by atoms with Gasteiger partial charge in [0.25, 0.3) is 0 Å². The second-order valence-electron chi connectivity index (χ2n) is 4.10. The molecule has 6 heteroatoms. The number of benzene rings is 1. The molecular weight excluding hydrogens is 256 g/mol. The third kappa shape index (κ3) is 3.03. The molecule has 0 bridgehead atoms. The molecule has 1 aromatic heterocycles. The molecule has 0 aliphatic heterocycles. The first-order valence-electron chi connectivity index (χ1n) is 6.25. The first-order valence-corrected chi connectivity index (χ1v) is 6.25. The van der Waals surface area contributed by atoms with Crippen molar-refractivity contribution in [2.24, 2.45) is 0 Å². The fraction of sp³-hybridized carbons (Fsp3) is 0.214. The van der Waals surface area contributed by atoms with Gasteiger partial charge in [-0.2, -0.15) is 4.98 Å². The Labute approximate surface area is 117 Å². The maximum Gasteiger partial charge on any atom is 0.343 e. The number of ether oxygens (including phenoxy) is 1. The lowest BCUT2D eigenvalue weighted by Gasteiger charge is -2.12. The van der Waals surface area contributed by atoms with Gasteiger partial charge in [-0.15, -0.1) is 0 Å². The fourth-order valence-corrected chi connectivity index (χ4v) is 1.79. The zero-order valence-electron chi connectivity index (χ0n) is 11.4. The van der Waals surface area contributed by atoms with Gasteiger partial charge in [-0.25, -0.2) is 9.78 Å². The SMILES string of the molecule is CCOC(=O)c1c(C)nc(N)nc1Nc1ccccc1. The van der Waals surface area contributed by atoms with Crippen LogP contribution in [0.4, 0.5) is 17.5 Å². The first-order chi connectivity index (χ1) is 9.61. The number of anilines is 3. The van der Waals surface area contributed by atoms with Gasteiger partial charge in [-0.1, -0.05) is 18.2 Å². The van der Waals surface area contributed by atoms with Crippen molar-refractivity contribution in [3.05, 3.63) is 41.6 Å². The summed E-state index contributed by atoms with van der Waals surface area (Å²) in [4.78, 5) is 20.1. The molecule has 20 heavy (non-hydrogen) atoms. The number of hydrogen-bond donors (Lipinski definition) is 2. The van der Waals surface area contributed by atoms with Gasteiger partial charge in [0.05, 0.1) is 12.3 Å². The summed E-state index contributed by atoms with van der Waals surface area (Å²) < 4.78 is 5.03. The van der Waals surface area contributed by atoms with Crippen LogP contribution in [0, 0.1) is 6.92 Å². The average molecular weight is 272 g/mol. The molecule has 0 saturated carbocycles. The lowest BCUT2D eigenvalue weighted by molar-refractivity contribution is 0.0526. The molecule has 6 nitrogen and oxygen atoms in total. The number of nitrogens with one attached hydrogen (secondary N) is 1. The van der Waals surface area contributed by atoms with Crippen molar-refractivity contribution in [1.82, 2.24) is 9.97 Å². The number of rotatable bonds is 4. The van der Waals surface area contributed by atoms with E-state index in [0.717, 1.165) is 5.69 Å². The Bertz CT molecular complexity index is 614. The molecule has 0 amide bonds. The maximum atomic E-state index is 12.0. The van der Waals surface area contributed by atoms with Crippen LogP contribution in [0.3, 0.4) is 0 Å². The van der Waals surface area contributed by atoms with Gasteiger partial charge in [-0.05, 0) is 26.0 Å².